The van der Waals surface area contributed by atoms with E-state index in [0.29, 0.717) is 30.5 Å². The number of ether oxygens (including phenoxy) is 2. The second-order valence-electron chi connectivity index (χ2n) is 6.72. The van der Waals surface area contributed by atoms with Crippen molar-refractivity contribution in [3.05, 3.63) is 53.6 Å². The molecule has 0 spiro atoms. The molecule has 0 saturated carbocycles. The topological polar surface area (TPSA) is 75.2 Å². The number of nitrogens with zero attached hydrogens (tertiary/aromatic N) is 2. The number of halogens is 1. The lowest BCUT2D eigenvalue weighted by Crippen LogP contribution is -2.38. The quantitative estimate of drug-likeness (QED) is 0.345. The lowest BCUT2D eigenvalue weighted by Gasteiger charge is -2.28. The Hall–Kier alpha value is -2.49. The number of anilines is 1. The normalized spacial score (nSPS) is 13.0. The highest BCUT2D eigenvalue weighted by molar-refractivity contribution is 14.0. The molecule has 1 amide bonds. The van der Waals surface area contributed by atoms with Gasteiger partial charge in [0.2, 0.25) is 5.91 Å². The highest BCUT2D eigenvalue weighted by atomic mass is 127. The van der Waals surface area contributed by atoms with Crippen molar-refractivity contribution >= 4 is 41.5 Å². The van der Waals surface area contributed by atoms with Crippen molar-refractivity contribution in [2.75, 3.05) is 39.2 Å². The molecule has 0 atom stereocenters. The van der Waals surface area contributed by atoms with Gasteiger partial charge in [0.1, 0.15) is 6.54 Å². The highest BCUT2D eigenvalue weighted by Gasteiger charge is 2.20. The number of fused-ring (bicyclic) bond motifs is 1. The third-order valence-corrected chi connectivity index (χ3v) is 4.85. The molecule has 1 aliphatic heterocycles. The van der Waals surface area contributed by atoms with Gasteiger partial charge in [0.15, 0.2) is 17.5 Å². The van der Waals surface area contributed by atoms with Crippen LogP contribution in [0.4, 0.5) is 5.69 Å². The van der Waals surface area contributed by atoms with Gasteiger partial charge in [-0.25, -0.2) is 4.99 Å². The van der Waals surface area contributed by atoms with Gasteiger partial charge >= 0.3 is 0 Å². The zero-order valence-electron chi connectivity index (χ0n) is 17.6. The average Bonchev–Trinajstić information content (AvgIpc) is 2.76. The number of nitrogens with one attached hydrogen (secondary N) is 2. The van der Waals surface area contributed by atoms with E-state index in [2.05, 4.69) is 27.8 Å². The number of amides is 1. The summed E-state index contributed by atoms with van der Waals surface area (Å²) in [6.07, 6.45) is 0.885. The molecular weight excluding hydrogens is 495 g/mol. The van der Waals surface area contributed by atoms with Crippen LogP contribution in [0.5, 0.6) is 11.5 Å². The Morgan fingerprint density at radius 3 is 2.53 bits per heavy atom. The number of benzene rings is 2. The molecule has 8 heteroatoms. The molecule has 3 rings (SSSR count). The molecule has 2 N–H and O–H groups in total. The van der Waals surface area contributed by atoms with Crippen LogP contribution in [0.3, 0.4) is 0 Å². The van der Waals surface area contributed by atoms with Crippen molar-refractivity contribution in [3.63, 3.8) is 0 Å². The molecule has 0 aliphatic carbocycles. The summed E-state index contributed by atoms with van der Waals surface area (Å²) in [7, 11) is 3.19. The monoisotopic (exact) mass is 524 g/mol. The fraction of sp³-hybridized carbons (Fsp3) is 0.364. The summed E-state index contributed by atoms with van der Waals surface area (Å²) < 4.78 is 10.6. The fourth-order valence-corrected chi connectivity index (χ4v) is 3.31. The number of carbonyl (C=O) groups excluding carboxylic acids is 1. The zero-order valence-corrected chi connectivity index (χ0v) is 19.9. The van der Waals surface area contributed by atoms with Gasteiger partial charge in [0, 0.05) is 31.4 Å². The van der Waals surface area contributed by atoms with Crippen molar-refractivity contribution in [1.29, 1.82) is 0 Å². The summed E-state index contributed by atoms with van der Waals surface area (Å²) in [6, 6.07) is 13.8. The van der Waals surface area contributed by atoms with Gasteiger partial charge in [-0.05, 0) is 36.6 Å². The fourth-order valence-electron chi connectivity index (χ4n) is 3.31. The standard InChI is InChI=1S/C22H28N4O3.HI/c1-4-23-22(25-18-9-10-19(28-2)20(13-18)29-3)24-14-21(27)26-12-11-16-7-5-6-8-17(16)15-26;/h5-10,13H,4,11-12,14-15H2,1-3H3,(H2,23,24,25);1H. The minimum Gasteiger partial charge on any atom is -0.493 e. The first kappa shape index (κ1) is 23.8. The van der Waals surface area contributed by atoms with Gasteiger partial charge < -0.3 is 25.0 Å². The molecule has 1 heterocycles. The first-order valence-electron chi connectivity index (χ1n) is 9.76. The van der Waals surface area contributed by atoms with Crippen molar-refractivity contribution < 1.29 is 14.3 Å². The van der Waals surface area contributed by atoms with E-state index in [1.165, 1.54) is 11.1 Å². The van der Waals surface area contributed by atoms with E-state index in [0.717, 1.165) is 18.7 Å². The van der Waals surface area contributed by atoms with E-state index >= 15 is 0 Å². The number of methoxy groups -OCH3 is 2. The van der Waals surface area contributed by atoms with Crippen molar-refractivity contribution in [2.24, 2.45) is 4.99 Å². The van der Waals surface area contributed by atoms with Crippen LogP contribution in [0.1, 0.15) is 18.1 Å². The number of rotatable bonds is 6. The molecule has 0 saturated heterocycles. The lowest BCUT2D eigenvalue weighted by atomic mass is 10.00. The van der Waals surface area contributed by atoms with Crippen LogP contribution in [-0.2, 0) is 17.8 Å². The Balaban J connectivity index is 0.00000320. The van der Waals surface area contributed by atoms with E-state index in [1.807, 2.05) is 42.2 Å². The minimum atomic E-state index is 0. The minimum absolute atomic E-state index is 0. The molecule has 0 radical (unpaired) electrons. The van der Waals surface area contributed by atoms with Gasteiger partial charge in [0.05, 0.1) is 14.2 Å². The van der Waals surface area contributed by atoms with Crippen LogP contribution in [0.15, 0.2) is 47.5 Å². The molecule has 2 aromatic carbocycles. The zero-order chi connectivity index (χ0) is 20.6. The Morgan fingerprint density at radius 1 is 1.10 bits per heavy atom. The summed E-state index contributed by atoms with van der Waals surface area (Å²) in [5, 5.41) is 6.38. The highest BCUT2D eigenvalue weighted by Crippen LogP contribution is 2.29. The molecule has 1 aliphatic rings. The number of aliphatic imine (C=N–C) groups is 1. The van der Waals surface area contributed by atoms with E-state index in [9.17, 15) is 4.79 Å². The molecule has 2 aromatic rings. The Morgan fingerprint density at radius 2 is 1.83 bits per heavy atom. The third kappa shape index (κ3) is 6.01. The predicted molar refractivity (Wildman–Crippen MR) is 130 cm³/mol. The van der Waals surface area contributed by atoms with Gasteiger partial charge in [-0.1, -0.05) is 24.3 Å². The molecule has 0 aromatic heterocycles. The van der Waals surface area contributed by atoms with Crippen molar-refractivity contribution in [3.8, 4) is 11.5 Å². The number of carbonyl (C=O) groups is 1. The summed E-state index contributed by atoms with van der Waals surface area (Å²) in [5.74, 6) is 1.84. The first-order chi connectivity index (χ1) is 14.1. The van der Waals surface area contributed by atoms with Gasteiger partial charge in [-0.2, -0.15) is 0 Å². The maximum Gasteiger partial charge on any atom is 0.244 e. The van der Waals surface area contributed by atoms with Crippen LogP contribution in [-0.4, -0.2) is 50.6 Å². The Bertz CT molecular complexity index is 888. The molecular formula is C22H29IN4O3. The van der Waals surface area contributed by atoms with Crippen LogP contribution in [0, 0.1) is 0 Å². The smallest absolute Gasteiger partial charge is 0.244 e. The van der Waals surface area contributed by atoms with E-state index < -0.39 is 0 Å². The summed E-state index contributed by atoms with van der Waals surface area (Å²) >= 11 is 0. The van der Waals surface area contributed by atoms with Crippen LogP contribution < -0.4 is 20.1 Å². The molecule has 162 valence electrons. The van der Waals surface area contributed by atoms with Crippen LogP contribution in [0.25, 0.3) is 0 Å². The first-order valence-corrected chi connectivity index (χ1v) is 9.76. The molecule has 0 bridgehead atoms. The van der Waals surface area contributed by atoms with E-state index in [1.54, 1.807) is 14.2 Å². The predicted octanol–water partition coefficient (Wildman–Crippen LogP) is 3.28. The SMILES string of the molecule is CCNC(=NCC(=O)N1CCc2ccccc2C1)Nc1ccc(OC)c(OC)c1.I. The molecule has 0 fully saturated rings. The van der Waals surface area contributed by atoms with Crippen molar-refractivity contribution in [2.45, 2.75) is 19.9 Å². The number of hydrogen-bond acceptors (Lipinski definition) is 4. The Kier molecular flexibility index (Phi) is 9.22. The van der Waals surface area contributed by atoms with E-state index in [4.69, 9.17) is 9.47 Å². The maximum atomic E-state index is 12.7. The van der Waals surface area contributed by atoms with Gasteiger partial charge in [0.25, 0.3) is 0 Å². The van der Waals surface area contributed by atoms with Crippen LogP contribution >= 0.6 is 24.0 Å². The molecule has 30 heavy (non-hydrogen) atoms. The molecule has 7 nitrogen and oxygen atoms in total. The summed E-state index contributed by atoms with van der Waals surface area (Å²) in [5.41, 5.74) is 3.33. The van der Waals surface area contributed by atoms with Crippen molar-refractivity contribution in [1.82, 2.24) is 10.2 Å². The maximum absolute atomic E-state index is 12.7. The second-order valence-corrected chi connectivity index (χ2v) is 6.72. The Labute approximate surface area is 194 Å². The average molecular weight is 524 g/mol. The number of guanidine groups is 1. The summed E-state index contributed by atoms with van der Waals surface area (Å²) in [6.45, 7) is 4.12. The van der Waals surface area contributed by atoms with Gasteiger partial charge in [-0.15, -0.1) is 24.0 Å². The summed E-state index contributed by atoms with van der Waals surface area (Å²) in [4.78, 5) is 19.0. The number of hydrogen-bond donors (Lipinski definition) is 2. The molecule has 0 unspecified atom stereocenters. The third-order valence-electron chi connectivity index (χ3n) is 4.85. The van der Waals surface area contributed by atoms with E-state index in [-0.39, 0.29) is 36.4 Å². The van der Waals surface area contributed by atoms with Crippen LogP contribution in [0.2, 0.25) is 0 Å². The van der Waals surface area contributed by atoms with Gasteiger partial charge in [-0.3, -0.25) is 4.79 Å². The largest absolute Gasteiger partial charge is 0.493 e. The second kappa shape index (κ2) is 11.6. The lowest BCUT2D eigenvalue weighted by molar-refractivity contribution is -0.130.